The predicted molar refractivity (Wildman–Crippen MR) is 105 cm³/mol. The fourth-order valence-electron chi connectivity index (χ4n) is 2.47. The first-order chi connectivity index (χ1) is 13.5. The summed E-state index contributed by atoms with van der Waals surface area (Å²) in [5.41, 5.74) is 4.32. The van der Waals surface area contributed by atoms with E-state index in [1.165, 1.54) is 12.3 Å². The highest BCUT2D eigenvalue weighted by Crippen LogP contribution is 2.24. The maximum Gasteiger partial charge on any atom is 0.341 e. The molecule has 2 N–H and O–H groups in total. The summed E-state index contributed by atoms with van der Waals surface area (Å²) in [6, 6.07) is 15.7. The summed E-state index contributed by atoms with van der Waals surface area (Å²) in [4.78, 5) is 23.0. The minimum atomic E-state index is -1.09. The lowest BCUT2D eigenvalue weighted by Gasteiger charge is -2.09. The highest BCUT2D eigenvalue weighted by Gasteiger charge is 2.11. The van der Waals surface area contributed by atoms with Gasteiger partial charge in [0.25, 0.3) is 5.91 Å². The number of benzene rings is 2. The summed E-state index contributed by atoms with van der Waals surface area (Å²) in [5, 5.41) is 12.8. The molecule has 2 aromatic carbocycles. The third-order valence-electron chi connectivity index (χ3n) is 3.72. The van der Waals surface area contributed by atoms with Gasteiger partial charge in [-0.05, 0) is 48.0 Å². The number of carboxylic acids is 1. The van der Waals surface area contributed by atoms with Crippen LogP contribution in [0.25, 0.3) is 5.69 Å². The Balaban J connectivity index is 1.68. The number of halogens is 1. The zero-order valence-corrected chi connectivity index (χ0v) is 15.3. The maximum absolute atomic E-state index is 12.5. The highest BCUT2D eigenvalue weighted by molar-refractivity contribution is 6.32. The summed E-state index contributed by atoms with van der Waals surface area (Å²) in [6.07, 6.45) is 5.14. The van der Waals surface area contributed by atoms with Crippen LogP contribution in [0.15, 0.2) is 72.1 Å². The van der Waals surface area contributed by atoms with Crippen molar-refractivity contribution in [1.29, 1.82) is 0 Å². The van der Waals surface area contributed by atoms with Crippen LogP contribution in [-0.2, 0) is 4.79 Å². The molecule has 3 rings (SSSR count). The molecule has 0 saturated carbocycles. The van der Waals surface area contributed by atoms with E-state index < -0.39 is 12.6 Å². The van der Waals surface area contributed by atoms with Crippen molar-refractivity contribution in [2.24, 2.45) is 5.10 Å². The molecule has 0 aliphatic heterocycles. The van der Waals surface area contributed by atoms with Gasteiger partial charge in [0.05, 0.1) is 22.5 Å². The Morgan fingerprint density at radius 1 is 1.14 bits per heavy atom. The number of nitrogens with one attached hydrogen (secondary N) is 1. The fraction of sp³-hybridized carbons (Fsp3) is 0.0500. The van der Waals surface area contributed by atoms with Gasteiger partial charge in [-0.2, -0.15) is 5.10 Å². The van der Waals surface area contributed by atoms with Gasteiger partial charge in [0, 0.05) is 12.4 Å². The first kappa shape index (κ1) is 19.2. The molecule has 0 unspecified atom stereocenters. The Morgan fingerprint density at radius 3 is 2.61 bits per heavy atom. The molecule has 28 heavy (non-hydrogen) atoms. The molecule has 8 heteroatoms. The Labute approximate surface area is 165 Å². The number of carbonyl (C=O) groups excluding carboxylic acids is 1. The molecule has 0 aliphatic carbocycles. The second-order valence-corrected chi connectivity index (χ2v) is 6.09. The largest absolute Gasteiger partial charge is 0.480 e. The molecule has 1 aromatic heterocycles. The van der Waals surface area contributed by atoms with E-state index in [2.05, 4.69) is 10.5 Å². The van der Waals surface area contributed by atoms with Crippen LogP contribution in [0.1, 0.15) is 15.9 Å². The van der Waals surface area contributed by atoms with Gasteiger partial charge in [-0.3, -0.25) is 4.79 Å². The van der Waals surface area contributed by atoms with E-state index in [1.807, 2.05) is 41.2 Å². The van der Waals surface area contributed by atoms with Crippen LogP contribution in [0.4, 0.5) is 0 Å². The first-order valence-corrected chi connectivity index (χ1v) is 8.62. The summed E-state index contributed by atoms with van der Waals surface area (Å²) < 4.78 is 6.90. The lowest BCUT2D eigenvalue weighted by atomic mass is 10.1. The zero-order valence-electron chi connectivity index (χ0n) is 14.6. The van der Waals surface area contributed by atoms with Crippen LogP contribution < -0.4 is 10.2 Å². The van der Waals surface area contributed by atoms with Gasteiger partial charge in [0.2, 0.25) is 0 Å². The summed E-state index contributed by atoms with van der Waals surface area (Å²) >= 11 is 6.06. The lowest BCUT2D eigenvalue weighted by Crippen LogP contribution is -2.19. The number of hydrogen-bond donors (Lipinski definition) is 2. The highest BCUT2D eigenvalue weighted by atomic mass is 35.5. The molecule has 3 aromatic rings. The Morgan fingerprint density at radius 2 is 1.89 bits per heavy atom. The van der Waals surface area contributed by atoms with Crippen molar-refractivity contribution in [3.05, 3.63) is 83.1 Å². The van der Waals surface area contributed by atoms with Crippen LogP contribution in [0.2, 0.25) is 5.02 Å². The Bertz CT molecular complexity index is 1020. The van der Waals surface area contributed by atoms with Crippen molar-refractivity contribution in [1.82, 2.24) is 9.99 Å². The van der Waals surface area contributed by atoms with E-state index in [-0.39, 0.29) is 16.7 Å². The minimum absolute atomic E-state index is 0.245. The Kier molecular flexibility index (Phi) is 6.08. The monoisotopic (exact) mass is 397 g/mol. The third-order valence-corrected chi connectivity index (χ3v) is 4.01. The number of hydrogen-bond acceptors (Lipinski definition) is 4. The van der Waals surface area contributed by atoms with Crippen LogP contribution in [0.3, 0.4) is 0 Å². The second kappa shape index (κ2) is 8.88. The summed E-state index contributed by atoms with van der Waals surface area (Å²) in [5.74, 6) is -1.19. The van der Waals surface area contributed by atoms with Gasteiger partial charge in [0.15, 0.2) is 6.61 Å². The predicted octanol–water partition coefficient (Wildman–Crippen LogP) is 3.36. The van der Waals surface area contributed by atoms with Crippen LogP contribution in [-0.4, -0.2) is 34.4 Å². The van der Waals surface area contributed by atoms with E-state index >= 15 is 0 Å². The number of aromatic nitrogens is 1. The minimum Gasteiger partial charge on any atom is -0.480 e. The normalized spacial score (nSPS) is 10.8. The summed E-state index contributed by atoms with van der Waals surface area (Å²) in [7, 11) is 0. The molecular formula is C20H16ClN3O4. The van der Waals surface area contributed by atoms with Crippen LogP contribution in [0.5, 0.6) is 5.75 Å². The van der Waals surface area contributed by atoms with Gasteiger partial charge in [-0.1, -0.05) is 23.7 Å². The molecule has 1 amide bonds. The third kappa shape index (κ3) is 4.77. The maximum atomic E-state index is 12.5. The standard InChI is InChI=1S/C20H16ClN3O4/c21-16-11-14(7-8-18(16)28-13-19(25)26)12-22-23-20(27)15-5-1-2-6-17(15)24-9-3-4-10-24/h1-12H,13H2,(H,23,27)(H,25,26)/b22-12-. The molecule has 0 radical (unpaired) electrons. The van der Waals surface area contributed by atoms with Crippen molar-refractivity contribution in [2.75, 3.05) is 6.61 Å². The molecular weight excluding hydrogens is 382 g/mol. The quantitative estimate of drug-likeness (QED) is 0.472. The molecule has 0 atom stereocenters. The topological polar surface area (TPSA) is 92.9 Å². The molecule has 1 heterocycles. The van der Waals surface area contributed by atoms with Crippen LogP contribution in [0, 0.1) is 0 Å². The van der Waals surface area contributed by atoms with Crippen molar-refractivity contribution in [3.8, 4) is 11.4 Å². The average Bonchev–Trinajstić information content (AvgIpc) is 3.22. The Hall–Kier alpha value is -3.58. The average molecular weight is 398 g/mol. The van der Waals surface area contributed by atoms with E-state index in [0.29, 0.717) is 11.1 Å². The number of rotatable bonds is 7. The molecule has 0 saturated heterocycles. The smallest absolute Gasteiger partial charge is 0.341 e. The van der Waals surface area contributed by atoms with Crippen molar-refractivity contribution in [3.63, 3.8) is 0 Å². The molecule has 142 valence electrons. The molecule has 0 aliphatic rings. The van der Waals surface area contributed by atoms with Gasteiger partial charge >= 0.3 is 5.97 Å². The first-order valence-electron chi connectivity index (χ1n) is 8.24. The SMILES string of the molecule is O=C(O)COc1ccc(/C=N\NC(=O)c2ccccc2-n2cccc2)cc1Cl. The van der Waals surface area contributed by atoms with Gasteiger partial charge < -0.3 is 14.4 Å². The second-order valence-electron chi connectivity index (χ2n) is 5.68. The summed E-state index contributed by atoms with van der Waals surface area (Å²) in [6.45, 7) is -0.482. The lowest BCUT2D eigenvalue weighted by molar-refractivity contribution is -0.139. The molecule has 7 nitrogen and oxygen atoms in total. The van der Waals surface area contributed by atoms with E-state index in [9.17, 15) is 9.59 Å². The number of aliphatic carboxylic acids is 1. The van der Waals surface area contributed by atoms with E-state index in [0.717, 1.165) is 5.69 Å². The number of amides is 1. The molecule has 0 bridgehead atoms. The van der Waals surface area contributed by atoms with Crippen molar-refractivity contribution < 1.29 is 19.4 Å². The number of carboxylic acid groups (broad SMARTS) is 1. The number of ether oxygens (including phenoxy) is 1. The zero-order chi connectivity index (χ0) is 19.9. The van der Waals surface area contributed by atoms with Gasteiger partial charge in [-0.25, -0.2) is 10.2 Å². The molecule has 0 fully saturated rings. The van der Waals surface area contributed by atoms with E-state index in [1.54, 1.807) is 24.3 Å². The van der Waals surface area contributed by atoms with Gasteiger partial charge in [0.1, 0.15) is 5.75 Å². The number of carbonyl (C=O) groups is 2. The number of nitrogens with zero attached hydrogens (tertiary/aromatic N) is 2. The van der Waals surface area contributed by atoms with Crippen molar-refractivity contribution >= 4 is 29.7 Å². The van der Waals surface area contributed by atoms with E-state index in [4.69, 9.17) is 21.4 Å². The van der Waals surface area contributed by atoms with Gasteiger partial charge in [-0.15, -0.1) is 0 Å². The number of para-hydroxylation sites is 1. The van der Waals surface area contributed by atoms with Crippen LogP contribution >= 0.6 is 11.6 Å². The number of hydrazone groups is 1. The van der Waals surface area contributed by atoms with Crippen molar-refractivity contribution in [2.45, 2.75) is 0 Å². The fourth-order valence-corrected chi connectivity index (χ4v) is 2.71. The molecule has 0 spiro atoms.